The van der Waals surface area contributed by atoms with E-state index < -0.39 is 22.5 Å². The summed E-state index contributed by atoms with van der Waals surface area (Å²) in [5.41, 5.74) is -0.336. The van der Waals surface area contributed by atoms with Crippen LogP contribution in [0.15, 0.2) is 36.4 Å². The Morgan fingerprint density at radius 2 is 1.79 bits per heavy atom. The maximum atomic E-state index is 12.3. The van der Waals surface area contributed by atoms with Gasteiger partial charge >= 0.3 is 5.97 Å². The summed E-state index contributed by atoms with van der Waals surface area (Å²) in [7, 11) is 1.13. The van der Waals surface area contributed by atoms with Crippen molar-refractivity contribution in [1.29, 1.82) is 0 Å². The highest BCUT2D eigenvalue weighted by Gasteiger charge is 2.19. The van der Waals surface area contributed by atoms with Gasteiger partial charge in [-0.1, -0.05) is 23.2 Å². The minimum absolute atomic E-state index is 0.0874. The molecule has 0 aromatic heterocycles. The fraction of sp³-hybridized carbons (Fsp3) is 0.0667. The van der Waals surface area contributed by atoms with Crippen molar-refractivity contribution in [2.45, 2.75) is 0 Å². The van der Waals surface area contributed by atoms with Gasteiger partial charge in [0.2, 0.25) is 0 Å². The standard InChI is InChI=1S/C15H10Cl2N2O5/c1-24-15(21)9-4-8(5-11(6-9)19(22)23)14(20)18-13-3-2-10(16)7-12(13)17/h2-7H,1H3,(H,18,20). The summed E-state index contributed by atoms with van der Waals surface area (Å²) in [4.78, 5) is 34.2. The molecule has 0 aliphatic carbocycles. The fourth-order valence-corrected chi connectivity index (χ4v) is 2.32. The predicted molar refractivity (Wildman–Crippen MR) is 88.9 cm³/mol. The normalized spacial score (nSPS) is 10.1. The lowest BCUT2D eigenvalue weighted by Crippen LogP contribution is -2.14. The van der Waals surface area contributed by atoms with Gasteiger partial charge in [-0.3, -0.25) is 14.9 Å². The van der Waals surface area contributed by atoms with Crippen LogP contribution in [0.1, 0.15) is 20.7 Å². The van der Waals surface area contributed by atoms with E-state index in [-0.39, 0.29) is 21.8 Å². The molecule has 0 bridgehead atoms. The van der Waals surface area contributed by atoms with Crippen LogP contribution in [0.25, 0.3) is 0 Å². The topological polar surface area (TPSA) is 98.5 Å². The molecule has 0 radical (unpaired) electrons. The number of hydrogen-bond donors (Lipinski definition) is 1. The summed E-state index contributed by atoms with van der Waals surface area (Å²) < 4.78 is 4.53. The number of non-ortho nitro benzene ring substituents is 1. The van der Waals surface area contributed by atoms with Gasteiger partial charge in [-0.2, -0.15) is 0 Å². The minimum Gasteiger partial charge on any atom is -0.465 e. The molecular weight excluding hydrogens is 359 g/mol. The molecule has 1 amide bonds. The Balaban J connectivity index is 2.39. The number of carbonyl (C=O) groups excluding carboxylic acids is 2. The van der Waals surface area contributed by atoms with E-state index in [0.29, 0.717) is 5.02 Å². The van der Waals surface area contributed by atoms with Crippen LogP contribution < -0.4 is 5.32 Å². The first-order chi connectivity index (χ1) is 11.3. The molecule has 0 aliphatic rings. The Morgan fingerprint density at radius 1 is 1.12 bits per heavy atom. The minimum atomic E-state index is -0.794. The number of carbonyl (C=O) groups is 2. The van der Waals surface area contributed by atoms with E-state index in [4.69, 9.17) is 23.2 Å². The number of ether oxygens (including phenoxy) is 1. The van der Waals surface area contributed by atoms with Gasteiger partial charge in [-0.25, -0.2) is 4.79 Å². The number of benzene rings is 2. The van der Waals surface area contributed by atoms with Crippen molar-refractivity contribution in [3.05, 3.63) is 67.7 Å². The number of methoxy groups -OCH3 is 1. The molecule has 0 heterocycles. The number of rotatable bonds is 4. The molecule has 0 spiro atoms. The summed E-state index contributed by atoms with van der Waals surface area (Å²) >= 11 is 11.7. The largest absolute Gasteiger partial charge is 0.465 e. The third-order valence-corrected chi connectivity index (χ3v) is 3.54. The van der Waals surface area contributed by atoms with Crippen LogP contribution in [0.3, 0.4) is 0 Å². The Morgan fingerprint density at radius 3 is 2.38 bits per heavy atom. The summed E-state index contributed by atoms with van der Waals surface area (Å²) in [5, 5.41) is 14.1. The molecule has 9 heteroatoms. The Labute approximate surface area is 146 Å². The summed E-state index contributed by atoms with van der Waals surface area (Å²) in [6.45, 7) is 0. The third kappa shape index (κ3) is 4.01. The molecule has 2 aromatic carbocycles. The smallest absolute Gasteiger partial charge is 0.338 e. The molecule has 2 aromatic rings. The molecule has 1 N–H and O–H groups in total. The molecule has 0 unspecified atom stereocenters. The van der Waals surface area contributed by atoms with Gasteiger partial charge in [0.05, 0.1) is 28.3 Å². The second-order valence-electron chi connectivity index (χ2n) is 4.60. The van der Waals surface area contributed by atoms with Gasteiger partial charge in [0.15, 0.2) is 0 Å². The summed E-state index contributed by atoms with van der Waals surface area (Å²) in [6, 6.07) is 7.71. The van der Waals surface area contributed by atoms with Gasteiger partial charge in [0.25, 0.3) is 11.6 Å². The third-order valence-electron chi connectivity index (χ3n) is 2.99. The molecule has 2 rings (SSSR count). The molecular formula is C15H10Cl2N2O5. The molecule has 0 atom stereocenters. The lowest BCUT2D eigenvalue weighted by Gasteiger charge is -2.08. The number of nitrogens with zero attached hydrogens (tertiary/aromatic N) is 1. The number of amides is 1. The number of esters is 1. The molecule has 0 saturated heterocycles. The lowest BCUT2D eigenvalue weighted by atomic mass is 10.1. The highest BCUT2D eigenvalue weighted by Crippen LogP contribution is 2.26. The summed E-state index contributed by atoms with van der Waals surface area (Å²) in [5.74, 6) is -1.47. The van der Waals surface area contributed by atoms with Crippen LogP contribution in [-0.4, -0.2) is 23.9 Å². The van der Waals surface area contributed by atoms with Crippen molar-refractivity contribution in [3.8, 4) is 0 Å². The Hall–Kier alpha value is -2.64. The molecule has 0 aliphatic heterocycles. The van der Waals surface area contributed by atoms with Gasteiger partial charge in [-0.15, -0.1) is 0 Å². The number of halogens is 2. The molecule has 0 saturated carbocycles. The fourth-order valence-electron chi connectivity index (χ4n) is 1.87. The molecule has 0 fully saturated rings. The van der Waals surface area contributed by atoms with Crippen LogP contribution in [-0.2, 0) is 4.74 Å². The van der Waals surface area contributed by atoms with Crippen molar-refractivity contribution in [1.82, 2.24) is 0 Å². The van der Waals surface area contributed by atoms with Gasteiger partial charge in [-0.05, 0) is 24.3 Å². The quantitative estimate of drug-likeness (QED) is 0.500. The van der Waals surface area contributed by atoms with Crippen LogP contribution in [0.5, 0.6) is 0 Å². The van der Waals surface area contributed by atoms with E-state index in [1.807, 2.05) is 0 Å². The van der Waals surface area contributed by atoms with E-state index in [2.05, 4.69) is 10.1 Å². The first-order valence-corrected chi connectivity index (χ1v) is 7.21. The number of nitro benzene ring substituents is 1. The maximum Gasteiger partial charge on any atom is 0.338 e. The van der Waals surface area contributed by atoms with E-state index in [0.717, 1.165) is 19.2 Å². The second-order valence-corrected chi connectivity index (χ2v) is 5.44. The Kier molecular flexibility index (Phi) is 5.38. The van der Waals surface area contributed by atoms with E-state index in [1.165, 1.54) is 24.3 Å². The van der Waals surface area contributed by atoms with E-state index in [9.17, 15) is 19.7 Å². The average Bonchev–Trinajstić information content (AvgIpc) is 2.56. The van der Waals surface area contributed by atoms with Crippen molar-refractivity contribution in [3.63, 3.8) is 0 Å². The molecule has 7 nitrogen and oxygen atoms in total. The van der Waals surface area contributed by atoms with Crippen LogP contribution in [0, 0.1) is 10.1 Å². The highest BCUT2D eigenvalue weighted by atomic mass is 35.5. The molecule has 124 valence electrons. The van der Waals surface area contributed by atoms with Gasteiger partial charge in [0, 0.05) is 22.7 Å². The van der Waals surface area contributed by atoms with Crippen molar-refractivity contribution in [2.24, 2.45) is 0 Å². The molecule has 24 heavy (non-hydrogen) atoms. The van der Waals surface area contributed by atoms with Crippen LogP contribution >= 0.6 is 23.2 Å². The number of hydrogen-bond acceptors (Lipinski definition) is 5. The zero-order chi connectivity index (χ0) is 17.9. The van der Waals surface area contributed by atoms with E-state index in [1.54, 1.807) is 0 Å². The first kappa shape index (κ1) is 17.7. The number of nitrogens with one attached hydrogen (secondary N) is 1. The summed E-state index contributed by atoms with van der Waals surface area (Å²) in [6.07, 6.45) is 0. The van der Waals surface area contributed by atoms with Gasteiger partial charge in [0.1, 0.15) is 0 Å². The predicted octanol–water partition coefficient (Wildman–Crippen LogP) is 3.94. The second kappa shape index (κ2) is 7.29. The average molecular weight is 369 g/mol. The zero-order valence-electron chi connectivity index (χ0n) is 12.2. The Bertz CT molecular complexity index is 839. The SMILES string of the molecule is COC(=O)c1cc(C(=O)Nc2ccc(Cl)cc2Cl)cc([N+](=O)[O-])c1. The number of nitro groups is 1. The van der Waals surface area contributed by atoms with Crippen molar-refractivity contribution in [2.75, 3.05) is 12.4 Å². The first-order valence-electron chi connectivity index (χ1n) is 6.46. The monoisotopic (exact) mass is 368 g/mol. The van der Waals surface area contributed by atoms with Crippen LogP contribution in [0.2, 0.25) is 10.0 Å². The lowest BCUT2D eigenvalue weighted by molar-refractivity contribution is -0.384. The van der Waals surface area contributed by atoms with Crippen molar-refractivity contribution < 1.29 is 19.2 Å². The van der Waals surface area contributed by atoms with Gasteiger partial charge < -0.3 is 10.1 Å². The van der Waals surface area contributed by atoms with Crippen LogP contribution in [0.4, 0.5) is 11.4 Å². The van der Waals surface area contributed by atoms with Crippen molar-refractivity contribution >= 4 is 46.5 Å². The highest BCUT2D eigenvalue weighted by molar-refractivity contribution is 6.36. The maximum absolute atomic E-state index is 12.3. The van der Waals surface area contributed by atoms with E-state index >= 15 is 0 Å². The number of anilines is 1. The zero-order valence-corrected chi connectivity index (χ0v) is 13.7.